The van der Waals surface area contributed by atoms with Gasteiger partial charge in [-0.3, -0.25) is 4.79 Å². The van der Waals surface area contributed by atoms with Crippen LogP contribution in [0.25, 0.3) is 6.08 Å². The van der Waals surface area contributed by atoms with Gasteiger partial charge in [0.1, 0.15) is 0 Å². The summed E-state index contributed by atoms with van der Waals surface area (Å²) >= 11 is 0. The standard InChI is InChI=1S/C19H29NO4/c1-6-7-8-9-14(2)20-18(21)11-10-15-12-16(22-3)19(24-5)17(13-15)23-4/h10-14H,6-9H2,1-5H3,(H,20,21)/b11-10+/t14-/m0/s1. The number of hydrogen-bond acceptors (Lipinski definition) is 4. The molecule has 0 spiro atoms. The zero-order valence-corrected chi connectivity index (χ0v) is 15.3. The predicted octanol–water partition coefficient (Wildman–Crippen LogP) is 3.81. The highest BCUT2D eigenvalue weighted by molar-refractivity contribution is 5.92. The third kappa shape index (κ3) is 6.14. The highest BCUT2D eigenvalue weighted by Gasteiger charge is 2.12. The molecule has 0 bridgehead atoms. The van der Waals surface area contributed by atoms with Crippen molar-refractivity contribution in [2.75, 3.05) is 21.3 Å². The van der Waals surface area contributed by atoms with Gasteiger partial charge in [-0.1, -0.05) is 26.2 Å². The van der Waals surface area contributed by atoms with Gasteiger partial charge in [0, 0.05) is 12.1 Å². The lowest BCUT2D eigenvalue weighted by Crippen LogP contribution is -2.30. The van der Waals surface area contributed by atoms with Crippen LogP contribution in [0, 0.1) is 0 Å². The molecule has 5 heteroatoms. The second-order valence-electron chi connectivity index (χ2n) is 5.70. The fraction of sp³-hybridized carbons (Fsp3) is 0.526. The van der Waals surface area contributed by atoms with Crippen LogP contribution in [-0.4, -0.2) is 33.3 Å². The highest BCUT2D eigenvalue weighted by atomic mass is 16.5. The maximum absolute atomic E-state index is 12.0. The van der Waals surface area contributed by atoms with Crippen LogP contribution < -0.4 is 19.5 Å². The Morgan fingerprint density at radius 1 is 1.12 bits per heavy atom. The average Bonchev–Trinajstić information content (AvgIpc) is 2.59. The first-order valence-electron chi connectivity index (χ1n) is 8.34. The minimum Gasteiger partial charge on any atom is -0.493 e. The van der Waals surface area contributed by atoms with Crippen molar-refractivity contribution >= 4 is 12.0 Å². The van der Waals surface area contributed by atoms with Crippen molar-refractivity contribution in [3.05, 3.63) is 23.8 Å². The lowest BCUT2D eigenvalue weighted by atomic mass is 10.1. The Balaban J connectivity index is 2.74. The molecule has 0 saturated heterocycles. The molecular formula is C19H29NO4. The van der Waals surface area contributed by atoms with E-state index in [1.807, 2.05) is 6.92 Å². The second kappa shape index (κ2) is 10.6. The molecule has 0 fully saturated rings. The zero-order valence-electron chi connectivity index (χ0n) is 15.3. The van der Waals surface area contributed by atoms with Crippen LogP contribution in [0.4, 0.5) is 0 Å². The highest BCUT2D eigenvalue weighted by Crippen LogP contribution is 2.38. The van der Waals surface area contributed by atoms with Gasteiger partial charge >= 0.3 is 0 Å². The van der Waals surface area contributed by atoms with Crippen molar-refractivity contribution in [3.63, 3.8) is 0 Å². The molecule has 5 nitrogen and oxygen atoms in total. The molecule has 1 amide bonds. The van der Waals surface area contributed by atoms with E-state index >= 15 is 0 Å². The molecule has 1 aromatic carbocycles. The fourth-order valence-electron chi connectivity index (χ4n) is 2.43. The summed E-state index contributed by atoms with van der Waals surface area (Å²) in [6.45, 7) is 4.20. The monoisotopic (exact) mass is 335 g/mol. The molecule has 0 aromatic heterocycles. The van der Waals surface area contributed by atoms with Gasteiger partial charge in [0.2, 0.25) is 11.7 Å². The van der Waals surface area contributed by atoms with Crippen LogP contribution in [0.3, 0.4) is 0 Å². The van der Waals surface area contributed by atoms with Gasteiger partial charge in [-0.05, 0) is 37.1 Å². The quantitative estimate of drug-likeness (QED) is 0.522. The largest absolute Gasteiger partial charge is 0.493 e. The van der Waals surface area contributed by atoms with Gasteiger partial charge in [0.25, 0.3) is 0 Å². The van der Waals surface area contributed by atoms with Crippen LogP contribution >= 0.6 is 0 Å². The molecule has 24 heavy (non-hydrogen) atoms. The van der Waals surface area contributed by atoms with E-state index in [0.717, 1.165) is 18.4 Å². The van der Waals surface area contributed by atoms with Crippen LogP contribution in [-0.2, 0) is 4.79 Å². The first kappa shape index (κ1) is 19.9. The van der Waals surface area contributed by atoms with Crippen molar-refractivity contribution in [3.8, 4) is 17.2 Å². The van der Waals surface area contributed by atoms with Crippen molar-refractivity contribution < 1.29 is 19.0 Å². The maximum Gasteiger partial charge on any atom is 0.244 e. The molecule has 0 saturated carbocycles. The Bertz CT molecular complexity index is 529. The predicted molar refractivity (Wildman–Crippen MR) is 96.9 cm³/mol. The lowest BCUT2D eigenvalue weighted by molar-refractivity contribution is -0.117. The minimum absolute atomic E-state index is 0.104. The van der Waals surface area contributed by atoms with E-state index in [0.29, 0.717) is 17.2 Å². The van der Waals surface area contributed by atoms with Crippen molar-refractivity contribution in [1.82, 2.24) is 5.32 Å². The van der Waals surface area contributed by atoms with Gasteiger partial charge in [-0.25, -0.2) is 0 Å². The molecule has 1 N–H and O–H groups in total. The molecule has 1 rings (SSSR count). The normalized spacial score (nSPS) is 12.0. The number of amides is 1. The van der Waals surface area contributed by atoms with E-state index in [2.05, 4.69) is 12.2 Å². The van der Waals surface area contributed by atoms with Crippen LogP contribution in [0.5, 0.6) is 17.2 Å². The van der Waals surface area contributed by atoms with Crippen LogP contribution in [0.15, 0.2) is 18.2 Å². The summed E-state index contributed by atoms with van der Waals surface area (Å²) in [7, 11) is 4.69. The van der Waals surface area contributed by atoms with E-state index in [4.69, 9.17) is 14.2 Å². The number of benzene rings is 1. The van der Waals surface area contributed by atoms with E-state index in [-0.39, 0.29) is 11.9 Å². The summed E-state index contributed by atoms with van der Waals surface area (Å²) in [5, 5.41) is 2.98. The number of carbonyl (C=O) groups is 1. The first-order valence-corrected chi connectivity index (χ1v) is 8.34. The number of hydrogen-bond donors (Lipinski definition) is 1. The summed E-state index contributed by atoms with van der Waals surface area (Å²) < 4.78 is 15.9. The topological polar surface area (TPSA) is 56.8 Å². The molecule has 0 heterocycles. The van der Waals surface area contributed by atoms with Gasteiger partial charge < -0.3 is 19.5 Å². The molecule has 0 aliphatic rings. The van der Waals surface area contributed by atoms with Gasteiger partial charge in [0.05, 0.1) is 21.3 Å². The van der Waals surface area contributed by atoms with E-state index in [9.17, 15) is 4.79 Å². The summed E-state index contributed by atoms with van der Waals surface area (Å²) in [6.07, 6.45) is 7.77. The number of methoxy groups -OCH3 is 3. The third-order valence-corrected chi connectivity index (χ3v) is 3.74. The molecule has 0 unspecified atom stereocenters. The molecule has 1 atom stereocenters. The summed E-state index contributed by atoms with van der Waals surface area (Å²) in [5.74, 6) is 1.55. The van der Waals surface area contributed by atoms with Crippen molar-refractivity contribution in [1.29, 1.82) is 0 Å². The van der Waals surface area contributed by atoms with Crippen molar-refractivity contribution in [2.45, 2.75) is 45.6 Å². The molecule has 134 valence electrons. The second-order valence-corrected chi connectivity index (χ2v) is 5.70. The average molecular weight is 335 g/mol. The summed E-state index contributed by atoms with van der Waals surface area (Å²) in [4.78, 5) is 12.0. The van der Waals surface area contributed by atoms with E-state index in [1.165, 1.54) is 18.9 Å². The van der Waals surface area contributed by atoms with Gasteiger partial charge in [-0.2, -0.15) is 0 Å². The number of ether oxygens (including phenoxy) is 3. The smallest absolute Gasteiger partial charge is 0.244 e. The van der Waals surface area contributed by atoms with Crippen molar-refractivity contribution in [2.24, 2.45) is 0 Å². The Labute approximate surface area is 145 Å². The third-order valence-electron chi connectivity index (χ3n) is 3.74. The SMILES string of the molecule is CCCCC[C@H](C)NC(=O)/C=C/c1cc(OC)c(OC)c(OC)c1. The Morgan fingerprint density at radius 2 is 1.75 bits per heavy atom. The molecule has 0 aliphatic carbocycles. The Kier molecular flexibility index (Phi) is 8.76. The van der Waals surface area contributed by atoms with E-state index in [1.54, 1.807) is 39.5 Å². The fourth-order valence-corrected chi connectivity index (χ4v) is 2.43. The Morgan fingerprint density at radius 3 is 2.25 bits per heavy atom. The molecular weight excluding hydrogens is 306 g/mol. The summed E-state index contributed by atoms with van der Waals surface area (Å²) in [5.41, 5.74) is 0.804. The van der Waals surface area contributed by atoms with E-state index < -0.39 is 0 Å². The number of rotatable bonds is 10. The van der Waals surface area contributed by atoms with Crippen LogP contribution in [0.1, 0.15) is 45.1 Å². The molecule has 0 radical (unpaired) electrons. The number of unbranched alkanes of at least 4 members (excludes halogenated alkanes) is 2. The number of nitrogens with one attached hydrogen (secondary N) is 1. The number of carbonyl (C=O) groups excluding carboxylic acids is 1. The molecule has 1 aromatic rings. The van der Waals surface area contributed by atoms with Gasteiger partial charge in [0.15, 0.2) is 11.5 Å². The lowest BCUT2D eigenvalue weighted by Gasteiger charge is -2.13. The Hall–Kier alpha value is -2.17. The first-order chi connectivity index (χ1) is 11.5. The van der Waals surface area contributed by atoms with Gasteiger partial charge in [-0.15, -0.1) is 0 Å². The maximum atomic E-state index is 12.0. The van der Waals surface area contributed by atoms with Crippen LogP contribution in [0.2, 0.25) is 0 Å². The molecule has 0 aliphatic heterocycles. The summed E-state index contributed by atoms with van der Waals surface area (Å²) in [6, 6.07) is 3.78. The minimum atomic E-state index is -0.104. The zero-order chi connectivity index (χ0) is 17.9.